The molecule has 0 fully saturated rings. The second kappa shape index (κ2) is 6.79. The molecule has 0 bridgehead atoms. The molecule has 2 aromatic heterocycles. The molecule has 2 heterocycles. The molecule has 124 valence electrons. The molecular formula is C17H15Cl2N3O2. The number of fused-ring (bicyclic) bond motifs is 1. The molecule has 0 radical (unpaired) electrons. The van der Waals surface area contributed by atoms with Crippen LogP contribution >= 0.6 is 23.2 Å². The number of ether oxygens (including phenoxy) is 1. The first-order chi connectivity index (χ1) is 11.5. The summed E-state index contributed by atoms with van der Waals surface area (Å²) in [6, 6.07) is 7.49. The fourth-order valence-electron chi connectivity index (χ4n) is 2.51. The Hall–Kier alpha value is -2.11. The summed E-state index contributed by atoms with van der Waals surface area (Å²) in [7, 11) is 0. The highest BCUT2D eigenvalue weighted by Gasteiger charge is 2.22. The lowest BCUT2D eigenvalue weighted by molar-refractivity contribution is 0.0527. The highest BCUT2D eigenvalue weighted by atomic mass is 35.5. The van der Waals surface area contributed by atoms with E-state index in [1.165, 1.54) is 6.20 Å². The van der Waals surface area contributed by atoms with E-state index in [4.69, 9.17) is 27.9 Å². The summed E-state index contributed by atoms with van der Waals surface area (Å²) < 4.78 is 6.71. The third-order valence-electron chi connectivity index (χ3n) is 3.63. The monoisotopic (exact) mass is 363 g/mol. The van der Waals surface area contributed by atoms with Gasteiger partial charge in [-0.2, -0.15) is 5.10 Å². The van der Waals surface area contributed by atoms with E-state index in [-0.39, 0.29) is 0 Å². The van der Waals surface area contributed by atoms with Gasteiger partial charge in [-0.25, -0.2) is 14.3 Å². The zero-order valence-electron chi connectivity index (χ0n) is 13.2. The van der Waals surface area contributed by atoms with Gasteiger partial charge in [0, 0.05) is 17.6 Å². The fourth-order valence-corrected chi connectivity index (χ4v) is 2.83. The summed E-state index contributed by atoms with van der Waals surface area (Å²) in [6.07, 6.45) is 2.07. The van der Waals surface area contributed by atoms with E-state index in [2.05, 4.69) is 10.1 Å². The van der Waals surface area contributed by atoms with Crippen LogP contribution in [0.25, 0.3) is 5.65 Å². The zero-order chi connectivity index (χ0) is 17.3. The molecule has 0 aliphatic carbocycles. The quantitative estimate of drug-likeness (QED) is 0.654. The number of aryl methyl sites for hydroxylation is 1. The molecular weight excluding hydrogens is 349 g/mol. The predicted octanol–water partition coefficient (Wildman–Crippen LogP) is 4.11. The highest BCUT2D eigenvalue weighted by molar-refractivity contribution is 6.31. The number of carbonyl (C=O) groups excluding carboxylic acids is 1. The van der Waals surface area contributed by atoms with Crippen molar-refractivity contribution in [1.82, 2.24) is 14.6 Å². The van der Waals surface area contributed by atoms with Gasteiger partial charge in [0.1, 0.15) is 5.56 Å². The Balaban J connectivity index is 2.11. The summed E-state index contributed by atoms with van der Waals surface area (Å²) >= 11 is 12.2. The van der Waals surface area contributed by atoms with Crippen LogP contribution in [0.1, 0.15) is 34.2 Å². The van der Waals surface area contributed by atoms with Crippen LogP contribution < -0.4 is 0 Å². The van der Waals surface area contributed by atoms with Crippen molar-refractivity contribution in [3.05, 3.63) is 63.0 Å². The molecule has 24 heavy (non-hydrogen) atoms. The summed E-state index contributed by atoms with van der Waals surface area (Å²) in [5.74, 6) is -0.433. The van der Waals surface area contributed by atoms with E-state index in [9.17, 15) is 4.79 Å². The Labute approximate surface area is 149 Å². The van der Waals surface area contributed by atoms with Crippen molar-refractivity contribution >= 4 is 34.8 Å². The number of benzene rings is 1. The van der Waals surface area contributed by atoms with Crippen molar-refractivity contribution < 1.29 is 9.53 Å². The van der Waals surface area contributed by atoms with E-state index in [0.29, 0.717) is 40.0 Å². The van der Waals surface area contributed by atoms with Crippen molar-refractivity contribution in [3.8, 4) is 0 Å². The summed E-state index contributed by atoms with van der Waals surface area (Å²) in [4.78, 5) is 16.4. The van der Waals surface area contributed by atoms with Crippen LogP contribution in [0.5, 0.6) is 0 Å². The summed E-state index contributed by atoms with van der Waals surface area (Å²) in [6.45, 7) is 3.80. The van der Waals surface area contributed by atoms with Crippen molar-refractivity contribution in [3.63, 3.8) is 0 Å². The normalized spacial score (nSPS) is 11.0. The van der Waals surface area contributed by atoms with E-state index < -0.39 is 5.97 Å². The van der Waals surface area contributed by atoms with Crippen molar-refractivity contribution in [2.45, 2.75) is 20.3 Å². The second-order valence-electron chi connectivity index (χ2n) is 5.27. The first-order valence-electron chi connectivity index (χ1n) is 7.45. The maximum absolute atomic E-state index is 12.2. The second-order valence-corrected chi connectivity index (χ2v) is 6.12. The standard InChI is InChI=1S/C17H15Cl2N3O2/c1-3-24-17(23)15-10(2)21-22-14(13(19)9-20-16(15)22)8-11-4-6-12(18)7-5-11/h4-7,9H,3,8H2,1-2H3. The molecule has 1 aromatic carbocycles. The summed E-state index contributed by atoms with van der Waals surface area (Å²) in [5, 5.41) is 5.59. The minimum atomic E-state index is -0.433. The van der Waals surface area contributed by atoms with Gasteiger partial charge in [-0.3, -0.25) is 0 Å². The third-order valence-corrected chi connectivity index (χ3v) is 4.20. The first-order valence-corrected chi connectivity index (χ1v) is 8.21. The molecule has 7 heteroatoms. The molecule has 0 saturated carbocycles. The number of halogens is 2. The Morgan fingerprint density at radius 3 is 2.62 bits per heavy atom. The molecule has 0 N–H and O–H groups in total. The number of rotatable bonds is 4. The highest BCUT2D eigenvalue weighted by Crippen LogP contribution is 2.24. The lowest BCUT2D eigenvalue weighted by atomic mass is 10.1. The first kappa shape index (κ1) is 16.7. The average Bonchev–Trinajstić information content (AvgIpc) is 2.89. The van der Waals surface area contributed by atoms with Crippen LogP contribution in [0.15, 0.2) is 30.5 Å². The fraction of sp³-hybridized carbons (Fsp3) is 0.235. The van der Waals surface area contributed by atoms with E-state index >= 15 is 0 Å². The van der Waals surface area contributed by atoms with Gasteiger partial charge in [-0.05, 0) is 31.5 Å². The molecule has 3 rings (SSSR count). The number of hydrogen-bond donors (Lipinski definition) is 0. The molecule has 5 nitrogen and oxygen atoms in total. The van der Waals surface area contributed by atoms with Gasteiger partial charge in [-0.15, -0.1) is 0 Å². The largest absolute Gasteiger partial charge is 0.462 e. The lowest BCUT2D eigenvalue weighted by Crippen LogP contribution is -2.07. The van der Waals surface area contributed by atoms with E-state index in [0.717, 1.165) is 11.3 Å². The van der Waals surface area contributed by atoms with Crippen LogP contribution in [0.3, 0.4) is 0 Å². The smallest absolute Gasteiger partial charge is 0.343 e. The number of esters is 1. The predicted molar refractivity (Wildman–Crippen MR) is 92.9 cm³/mol. The van der Waals surface area contributed by atoms with Crippen LogP contribution in [0.4, 0.5) is 0 Å². The third kappa shape index (κ3) is 3.09. The van der Waals surface area contributed by atoms with Gasteiger partial charge in [0.05, 0.1) is 23.0 Å². The molecule has 0 saturated heterocycles. The summed E-state index contributed by atoms with van der Waals surface area (Å²) in [5.41, 5.74) is 3.15. The van der Waals surface area contributed by atoms with E-state index in [1.54, 1.807) is 18.4 Å². The van der Waals surface area contributed by atoms with Crippen molar-refractivity contribution in [2.75, 3.05) is 6.61 Å². The minimum Gasteiger partial charge on any atom is -0.462 e. The van der Waals surface area contributed by atoms with Crippen LogP contribution in [0.2, 0.25) is 10.0 Å². The molecule has 0 amide bonds. The van der Waals surface area contributed by atoms with E-state index in [1.807, 2.05) is 24.3 Å². The Bertz CT molecular complexity index is 904. The van der Waals surface area contributed by atoms with Crippen LogP contribution in [0, 0.1) is 6.92 Å². The van der Waals surface area contributed by atoms with Crippen molar-refractivity contribution in [2.24, 2.45) is 0 Å². The average molecular weight is 364 g/mol. The Morgan fingerprint density at radius 1 is 1.25 bits per heavy atom. The maximum atomic E-state index is 12.2. The number of hydrogen-bond acceptors (Lipinski definition) is 4. The maximum Gasteiger partial charge on any atom is 0.343 e. The molecule has 0 aliphatic rings. The van der Waals surface area contributed by atoms with Crippen LogP contribution in [-0.4, -0.2) is 27.2 Å². The van der Waals surface area contributed by atoms with Gasteiger partial charge < -0.3 is 4.74 Å². The Kier molecular flexibility index (Phi) is 4.73. The molecule has 0 aliphatic heterocycles. The van der Waals surface area contributed by atoms with Gasteiger partial charge in [-0.1, -0.05) is 35.3 Å². The van der Waals surface area contributed by atoms with Gasteiger partial charge in [0.15, 0.2) is 5.65 Å². The molecule has 0 atom stereocenters. The van der Waals surface area contributed by atoms with Gasteiger partial charge >= 0.3 is 5.97 Å². The van der Waals surface area contributed by atoms with Gasteiger partial charge in [0.2, 0.25) is 0 Å². The Morgan fingerprint density at radius 2 is 1.96 bits per heavy atom. The minimum absolute atomic E-state index is 0.292. The van der Waals surface area contributed by atoms with Crippen LogP contribution in [-0.2, 0) is 11.2 Å². The zero-order valence-corrected chi connectivity index (χ0v) is 14.7. The number of nitrogens with zero attached hydrogens (tertiary/aromatic N) is 3. The number of aromatic nitrogens is 3. The number of carbonyl (C=O) groups is 1. The van der Waals surface area contributed by atoms with Crippen molar-refractivity contribution in [1.29, 1.82) is 0 Å². The topological polar surface area (TPSA) is 56.5 Å². The molecule has 3 aromatic rings. The SMILES string of the molecule is CCOC(=O)c1c(C)nn2c(Cc3ccc(Cl)cc3)c(Cl)cnc12. The molecule has 0 unspecified atom stereocenters. The molecule has 0 spiro atoms. The van der Waals surface area contributed by atoms with Gasteiger partial charge in [0.25, 0.3) is 0 Å². The lowest BCUT2D eigenvalue weighted by Gasteiger charge is -2.08.